The lowest BCUT2D eigenvalue weighted by molar-refractivity contribution is 0.365. The van der Waals surface area contributed by atoms with Gasteiger partial charge in [0.1, 0.15) is 5.82 Å². The number of fused-ring (bicyclic) bond motifs is 1. The number of aromatic nitrogens is 3. The van der Waals surface area contributed by atoms with Crippen molar-refractivity contribution >= 4 is 0 Å². The molecule has 1 atom stereocenters. The normalized spacial score (nSPS) is 25.6. The minimum absolute atomic E-state index is 0.0939. The van der Waals surface area contributed by atoms with Crippen molar-refractivity contribution in [2.45, 2.75) is 51.6 Å². The third-order valence-electron chi connectivity index (χ3n) is 3.52. The fourth-order valence-corrected chi connectivity index (χ4v) is 2.55. The maximum atomic E-state index is 4.42. The van der Waals surface area contributed by atoms with Gasteiger partial charge in [0.25, 0.3) is 0 Å². The molecule has 0 amide bonds. The lowest BCUT2D eigenvalue weighted by Crippen LogP contribution is -2.36. The van der Waals surface area contributed by atoms with E-state index in [1.54, 1.807) is 0 Å². The van der Waals surface area contributed by atoms with Crippen molar-refractivity contribution in [3.8, 4) is 0 Å². The highest BCUT2D eigenvalue weighted by atomic mass is 15.3. The zero-order valence-corrected chi connectivity index (χ0v) is 10.3. The Morgan fingerprint density at radius 3 is 2.62 bits per heavy atom. The van der Waals surface area contributed by atoms with Crippen LogP contribution in [0.3, 0.4) is 0 Å². The molecule has 4 nitrogen and oxygen atoms in total. The molecule has 0 radical (unpaired) electrons. The Bertz CT molecular complexity index is 398. The topological polar surface area (TPSA) is 42.7 Å². The zero-order chi connectivity index (χ0) is 11.3. The zero-order valence-electron chi connectivity index (χ0n) is 10.3. The molecule has 3 rings (SSSR count). The number of hydrogen-bond donors (Lipinski definition) is 1. The van der Waals surface area contributed by atoms with Crippen molar-refractivity contribution in [2.75, 3.05) is 6.54 Å². The average Bonchev–Trinajstić information content (AvgIpc) is 2.94. The van der Waals surface area contributed by atoms with E-state index in [2.05, 4.69) is 40.9 Å². The molecular formula is C12H20N4. The van der Waals surface area contributed by atoms with E-state index in [-0.39, 0.29) is 5.41 Å². The highest BCUT2D eigenvalue weighted by molar-refractivity contribution is 5.13. The Balaban J connectivity index is 2.00. The van der Waals surface area contributed by atoms with E-state index < -0.39 is 0 Å². The van der Waals surface area contributed by atoms with Crippen LogP contribution in [0.5, 0.6) is 0 Å². The van der Waals surface area contributed by atoms with Crippen molar-refractivity contribution in [1.29, 1.82) is 0 Å². The Morgan fingerprint density at radius 1 is 1.25 bits per heavy atom. The van der Waals surface area contributed by atoms with E-state index in [0.29, 0.717) is 6.04 Å². The van der Waals surface area contributed by atoms with Gasteiger partial charge >= 0.3 is 0 Å². The van der Waals surface area contributed by atoms with Crippen LogP contribution in [-0.4, -0.2) is 21.3 Å². The summed E-state index contributed by atoms with van der Waals surface area (Å²) < 4.78 is 2.33. The second kappa shape index (κ2) is 3.29. The van der Waals surface area contributed by atoms with Gasteiger partial charge in [0.2, 0.25) is 0 Å². The van der Waals surface area contributed by atoms with Crippen LogP contribution < -0.4 is 5.32 Å². The van der Waals surface area contributed by atoms with E-state index in [1.165, 1.54) is 18.7 Å². The predicted molar refractivity (Wildman–Crippen MR) is 62.2 cm³/mol. The Morgan fingerprint density at radius 2 is 2.00 bits per heavy atom. The average molecular weight is 220 g/mol. The van der Waals surface area contributed by atoms with Gasteiger partial charge in [0.05, 0.1) is 6.04 Å². The summed E-state index contributed by atoms with van der Waals surface area (Å²) in [5, 5.41) is 12.4. The molecule has 1 aliphatic carbocycles. The lowest BCUT2D eigenvalue weighted by Gasteiger charge is -2.27. The molecule has 88 valence electrons. The summed E-state index contributed by atoms with van der Waals surface area (Å²) in [5.41, 5.74) is 0.0939. The van der Waals surface area contributed by atoms with Crippen molar-refractivity contribution in [3.63, 3.8) is 0 Å². The van der Waals surface area contributed by atoms with Crippen molar-refractivity contribution in [2.24, 2.45) is 5.92 Å². The van der Waals surface area contributed by atoms with Crippen LogP contribution in [0.25, 0.3) is 0 Å². The van der Waals surface area contributed by atoms with Gasteiger partial charge in [-0.1, -0.05) is 20.8 Å². The number of nitrogens with one attached hydrogen (secondary N) is 1. The van der Waals surface area contributed by atoms with Gasteiger partial charge in [-0.15, -0.1) is 10.2 Å². The van der Waals surface area contributed by atoms with Crippen LogP contribution in [0.1, 0.15) is 51.3 Å². The monoisotopic (exact) mass is 220 g/mol. The molecule has 1 unspecified atom stereocenters. The lowest BCUT2D eigenvalue weighted by atomic mass is 9.95. The number of hydrogen-bond acceptors (Lipinski definition) is 3. The van der Waals surface area contributed by atoms with Crippen molar-refractivity contribution < 1.29 is 0 Å². The maximum Gasteiger partial charge on any atom is 0.150 e. The highest BCUT2D eigenvalue weighted by Crippen LogP contribution is 2.41. The van der Waals surface area contributed by atoms with Crippen LogP contribution in [0.15, 0.2) is 0 Å². The molecule has 16 heavy (non-hydrogen) atoms. The summed E-state index contributed by atoms with van der Waals surface area (Å²) in [6.07, 6.45) is 2.69. The molecule has 1 aromatic rings. The molecule has 4 heteroatoms. The first kappa shape index (κ1) is 10.3. The quantitative estimate of drug-likeness (QED) is 0.782. The van der Waals surface area contributed by atoms with Gasteiger partial charge in [0, 0.05) is 18.5 Å². The molecular weight excluding hydrogens is 200 g/mol. The standard InChI is InChI=1S/C12H20N4/c1-12(2,3)11-15-14-10-9(8-4-5-8)13-6-7-16(10)11/h8-9,13H,4-7H2,1-3H3. The van der Waals surface area contributed by atoms with E-state index in [4.69, 9.17) is 0 Å². The van der Waals surface area contributed by atoms with E-state index in [1.807, 2.05) is 0 Å². The summed E-state index contributed by atoms with van der Waals surface area (Å²) in [7, 11) is 0. The fraction of sp³-hybridized carbons (Fsp3) is 0.833. The molecule has 1 fully saturated rings. The van der Waals surface area contributed by atoms with Crippen LogP contribution in [0.4, 0.5) is 0 Å². The molecule has 0 spiro atoms. The highest BCUT2D eigenvalue weighted by Gasteiger charge is 2.38. The second-order valence-electron chi connectivity index (χ2n) is 6.05. The minimum Gasteiger partial charge on any atom is -0.312 e. The summed E-state index contributed by atoms with van der Waals surface area (Å²) in [4.78, 5) is 0. The van der Waals surface area contributed by atoms with Crippen LogP contribution in [-0.2, 0) is 12.0 Å². The molecule has 0 aromatic carbocycles. The van der Waals surface area contributed by atoms with Gasteiger partial charge in [-0.05, 0) is 18.8 Å². The van der Waals surface area contributed by atoms with Crippen LogP contribution in [0.2, 0.25) is 0 Å². The summed E-state index contributed by atoms with van der Waals surface area (Å²) in [6.45, 7) is 8.68. The first-order chi connectivity index (χ1) is 7.57. The smallest absolute Gasteiger partial charge is 0.150 e. The molecule has 1 saturated carbocycles. The Hall–Kier alpha value is -0.900. The maximum absolute atomic E-state index is 4.42. The third kappa shape index (κ3) is 1.56. The summed E-state index contributed by atoms with van der Waals surface area (Å²) in [6, 6.07) is 0.456. The summed E-state index contributed by atoms with van der Waals surface area (Å²) in [5.74, 6) is 3.10. The van der Waals surface area contributed by atoms with Gasteiger partial charge in [-0.25, -0.2) is 0 Å². The number of rotatable bonds is 1. The van der Waals surface area contributed by atoms with Crippen LogP contribution in [0, 0.1) is 5.92 Å². The molecule has 1 aliphatic heterocycles. The summed E-state index contributed by atoms with van der Waals surface area (Å²) >= 11 is 0. The van der Waals surface area contributed by atoms with Crippen LogP contribution >= 0.6 is 0 Å². The minimum atomic E-state index is 0.0939. The molecule has 2 aliphatic rings. The number of nitrogens with zero attached hydrogens (tertiary/aromatic N) is 3. The Kier molecular flexibility index (Phi) is 2.11. The van der Waals surface area contributed by atoms with E-state index >= 15 is 0 Å². The molecule has 1 N–H and O–H groups in total. The SMILES string of the molecule is CC(C)(C)c1nnc2n1CCNC2C1CC1. The molecule has 0 bridgehead atoms. The fourth-order valence-electron chi connectivity index (χ4n) is 2.55. The molecule has 2 heterocycles. The molecule has 0 saturated heterocycles. The van der Waals surface area contributed by atoms with Gasteiger partial charge < -0.3 is 9.88 Å². The Labute approximate surface area is 96.4 Å². The predicted octanol–water partition coefficient (Wildman–Crippen LogP) is 1.63. The van der Waals surface area contributed by atoms with Gasteiger partial charge in [-0.2, -0.15) is 0 Å². The first-order valence-corrected chi connectivity index (χ1v) is 6.24. The van der Waals surface area contributed by atoms with Gasteiger partial charge in [-0.3, -0.25) is 0 Å². The van der Waals surface area contributed by atoms with Crippen molar-refractivity contribution in [1.82, 2.24) is 20.1 Å². The van der Waals surface area contributed by atoms with E-state index in [9.17, 15) is 0 Å². The third-order valence-corrected chi connectivity index (χ3v) is 3.52. The second-order valence-corrected chi connectivity index (χ2v) is 6.05. The van der Waals surface area contributed by atoms with Crippen molar-refractivity contribution in [3.05, 3.63) is 11.6 Å². The first-order valence-electron chi connectivity index (χ1n) is 6.24. The largest absolute Gasteiger partial charge is 0.312 e. The van der Waals surface area contributed by atoms with E-state index in [0.717, 1.165) is 24.8 Å². The van der Waals surface area contributed by atoms with Gasteiger partial charge in [0.15, 0.2) is 5.82 Å². The molecule has 1 aromatic heterocycles.